The van der Waals surface area contributed by atoms with Crippen molar-refractivity contribution in [2.24, 2.45) is 0 Å². The zero-order chi connectivity index (χ0) is 13.1. The second-order valence-corrected chi connectivity index (χ2v) is 3.92. The van der Waals surface area contributed by atoms with Crippen molar-refractivity contribution in [2.45, 2.75) is 0 Å². The maximum Gasteiger partial charge on any atom is 0.132 e. The van der Waals surface area contributed by atoms with E-state index in [9.17, 15) is 0 Å². The highest BCUT2D eigenvalue weighted by molar-refractivity contribution is 5.79. The lowest BCUT2D eigenvalue weighted by atomic mass is 10.2. The van der Waals surface area contributed by atoms with E-state index in [0.717, 1.165) is 10.9 Å². The normalized spacial score (nSPS) is 9.63. The lowest BCUT2D eigenvalue weighted by Gasteiger charge is -2.05. The van der Waals surface area contributed by atoms with Gasteiger partial charge in [-0.3, -0.25) is 0 Å². The fourth-order valence-corrected chi connectivity index (χ4v) is 1.69. The van der Waals surface area contributed by atoms with Crippen molar-refractivity contribution in [3.05, 3.63) is 60.3 Å². The summed E-state index contributed by atoms with van der Waals surface area (Å²) in [5.41, 5.74) is 1.37. The number of nitrogens with zero attached hydrogens (tertiary/aromatic N) is 3. The molecule has 0 aliphatic rings. The summed E-state index contributed by atoms with van der Waals surface area (Å²) < 4.78 is 0. The lowest BCUT2D eigenvalue weighted by Crippen LogP contribution is -1.96. The van der Waals surface area contributed by atoms with E-state index in [-0.39, 0.29) is 0 Å². The van der Waals surface area contributed by atoms with Gasteiger partial charge in [0.15, 0.2) is 0 Å². The third-order valence-corrected chi connectivity index (χ3v) is 2.63. The van der Waals surface area contributed by atoms with Crippen LogP contribution in [0.4, 0.5) is 11.6 Å². The van der Waals surface area contributed by atoms with E-state index in [2.05, 4.69) is 27.4 Å². The quantitative estimate of drug-likeness (QED) is 0.753. The second-order valence-electron chi connectivity index (χ2n) is 3.92. The number of nitrogens with one attached hydrogen (secondary N) is 1. The molecular formula is C15H8N4. The molecule has 0 aliphatic heterocycles. The van der Waals surface area contributed by atoms with E-state index >= 15 is 0 Å². The Morgan fingerprint density at radius 2 is 1.89 bits per heavy atom. The highest BCUT2D eigenvalue weighted by Gasteiger charge is 1.99. The molecule has 0 bridgehead atoms. The van der Waals surface area contributed by atoms with Crippen LogP contribution < -0.4 is 5.32 Å². The van der Waals surface area contributed by atoms with Gasteiger partial charge in [-0.25, -0.2) is 9.97 Å². The first kappa shape index (κ1) is 11.0. The van der Waals surface area contributed by atoms with E-state index in [1.807, 2.05) is 24.3 Å². The average Bonchev–Trinajstić information content (AvgIpc) is 2.48. The summed E-state index contributed by atoms with van der Waals surface area (Å²) in [6, 6.07) is 18.7. The Labute approximate surface area is 110 Å². The zero-order valence-electron chi connectivity index (χ0n) is 9.88. The molecule has 1 N–H and O–H groups in total. The number of nitriles is 1. The molecule has 0 fully saturated rings. The number of aromatic nitrogens is 2. The number of pyridine rings is 2. The van der Waals surface area contributed by atoms with Gasteiger partial charge in [0.05, 0.1) is 11.1 Å². The van der Waals surface area contributed by atoms with E-state index in [4.69, 9.17) is 5.26 Å². The van der Waals surface area contributed by atoms with Gasteiger partial charge in [0.2, 0.25) is 0 Å². The predicted molar refractivity (Wildman–Crippen MR) is 71.6 cm³/mol. The fourth-order valence-electron chi connectivity index (χ4n) is 1.69. The third kappa shape index (κ3) is 2.29. The molecule has 0 atom stereocenters. The van der Waals surface area contributed by atoms with Crippen molar-refractivity contribution >= 4 is 22.5 Å². The van der Waals surface area contributed by atoms with Crippen LogP contribution in [0.25, 0.3) is 10.9 Å². The van der Waals surface area contributed by atoms with Crippen molar-refractivity contribution in [3.63, 3.8) is 0 Å². The number of hydrogen-bond donors (Lipinski definition) is 1. The number of fused-ring (bicyclic) bond motifs is 1. The van der Waals surface area contributed by atoms with Crippen LogP contribution in [-0.4, -0.2) is 9.97 Å². The molecule has 0 spiro atoms. The topological polar surface area (TPSA) is 61.6 Å². The van der Waals surface area contributed by atoms with Gasteiger partial charge in [-0.2, -0.15) is 5.26 Å². The Bertz CT molecular complexity index is 757. The Morgan fingerprint density at radius 1 is 1.05 bits per heavy atom. The molecule has 0 unspecified atom stereocenters. The Balaban J connectivity index is 1.90. The molecule has 0 aliphatic carbocycles. The summed E-state index contributed by atoms with van der Waals surface area (Å²) in [5.74, 6) is 1.35. The second kappa shape index (κ2) is 4.64. The van der Waals surface area contributed by atoms with Crippen LogP contribution in [0.5, 0.6) is 0 Å². The van der Waals surface area contributed by atoms with Gasteiger partial charge < -0.3 is 5.32 Å². The van der Waals surface area contributed by atoms with Gasteiger partial charge in [-0.15, -0.1) is 0 Å². The largest absolute Gasteiger partial charge is 0.325 e. The summed E-state index contributed by atoms with van der Waals surface area (Å²) in [5, 5.41) is 12.8. The summed E-state index contributed by atoms with van der Waals surface area (Å²) >= 11 is 0. The molecule has 3 aromatic rings. The smallest absolute Gasteiger partial charge is 0.132 e. The van der Waals surface area contributed by atoms with Crippen molar-refractivity contribution in [1.82, 2.24) is 9.97 Å². The molecule has 0 saturated heterocycles. The van der Waals surface area contributed by atoms with E-state index in [1.54, 1.807) is 18.2 Å². The Kier molecular flexibility index (Phi) is 2.69. The molecule has 2 heterocycles. The van der Waals surface area contributed by atoms with Gasteiger partial charge in [0.1, 0.15) is 17.7 Å². The highest BCUT2D eigenvalue weighted by Crippen LogP contribution is 2.16. The van der Waals surface area contributed by atoms with Crippen molar-refractivity contribution in [2.75, 3.05) is 5.32 Å². The zero-order valence-corrected chi connectivity index (χ0v) is 9.88. The van der Waals surface area contributed by atoms with Gasteiger partial charge in [0.25, 0.3) is 0 Å². The van der Waals surface area contributed by atoms with Gasteiger partial charge in [-0.1, -0.05) is 12.1 Å². The van der Waals surface area contributed by atoms with E-state index in [1.165, 1.54) is 6.20 Å². The van der Waals surface area contributed by atoms with Crippen LogP contribution in [0.1, 0.15) is 5.56 Å². The minimum atomic E-state index is 0.530. The van der Waals surface area contributed by atoms with Gasteiger partial charge in [0, 0.05) is 17.6 Å². The Morgan fingerprint density at radius 3 is 2.68 bits per heavy atom. The summed E-state index contributed by atoms with van der Waals surface area (Å²) in [6.45, 7) is 0. The minimum Gasteiger partial charge on any atom is -0.325 e. The molecule has 4 nitrogen and oxygen atoms in total. The summed E-state index contributed by atoms with van der Waals surface area (Å²) in [4.78, 5) is 8.58. The minimum absolute atomic E-state index is 0.530. The third-order valence-electron chi connectivity index (χ3n) is 2.63. The first-order valence-electron chi connectivity index (χ1n) is 5.67. The monoisotopic (exact) mass is 244 g/mol. The summed E-state index contributed by atoms with van der Waals surface area (Å²) in [6.07, 6.45) is 1.52. The molecule has 0 saturated carbocycles. The molecule has 2 aromatic heterocycles. The first-order chi connectivity index (χ1) is 9.35. The van der Waals surface area contributed by atoms with Crippen molar-refractivity contribution < 1.29 is 0 Å². The predicted octanol–water partition coefficient (Wildman–Crippen LogP) is 2.85. The van der Waals surface area contributed by atoms with Crippen LogP contribution >= 0.6 is 0 Å². The maximum absolute atomic E-state index is 8.71. The van der Waals surface area contributed by atoms with Crippen LogP contribution in [-0.2, 0) is 0 Å². The SMILES string of the molecule is N#Cc1ccc(Nc2ccc3cc#ccc3n2)nc1. The molecule has 0 amide bonds. The number of rotatable bonds is 2. The van der Waals surface area contributed by atoms with Gasteiger partial charge >= 0.3 is 0 Å². The highest BCUT2D eigenvalue weighted by atomic mass is 15.0. The maximum atomic E-state index is 8.71. The number of anilines is 2. The Hall–Kier alpha value is -3.11. The number of hydrogen-bond acceptors (Lipinski definition) is 4. The fraction of sp³-hybridized carbons (Fsp3) is 0. The molecule has 19 heavy (non-hydrogen) atoms. The molecule has 4 heteroatoms. The van der Waals surface area contributed by atoms with Crippen LogP contribution in [0.3, 0.4) is 0 Å². The first-order valence-corrected chi connectivity index (χ1v) is 5.67. The molecule has 0 radical (unpaired) electrons. The molecule has 1 aromatic carbocycles. The van der Waals surface area contributed by atoms with Crippen molar-refractivity contribution in [1.29, 1.82) is 5.26 Å². The standard InChI is InChI=1S/C15H8N4/c16-9-11-5-7-14(17-10-11)19-15-8-6-12-3-1-2-4-13(12)18-15/h3-8,10H,(H,17,18,19). The lowest BCUT2D eigenvalue weighted by molar-refractivity contribution is 1.26. The van der Waals surface area contributed by atoms with Gasteiger partial charge in [-0.05, 0) is 30.3 Å². The molecule has 3 rings (SSSR count). The van der Waals surface area contributed by atoms with Crippen molar-refractivity contribution in [3.8, 4) is 6.07 Å². The summed E-state index contributed by atoms with van der Waals surface area (Å²) in [7, 11) is 0. The van der Waals surface area contributed by atoms with Crippen LogP contribution in [0, 0.1) is 23.5 Å². The average molecular weight is 244 g/mol. The van der Waals surface area contributed by atoms with Crippen LogP contribution in [0.2, 0.25) is 0 Å². The van der Waals surface area contributed by atoms with Crippen LogP contribution in [0.15, 0.2) is 42.6 Å². The molecular weight excluding hydrogens is 236 g/mol. The molecule has 88 valence electrons. The van der Waals surface area contributed by atoms with E-state index < -0.39 is 0 Å². The van der Waals surface area contributed by atoms with E-state index in [0.29, 0.717) is 17.2 Å².